The molecule has 1 aliphatic heterocycles. The van der Waals surface area contributed by atoms with Crippen molar-refractivity contribution in [2.75, 3.05) is 33.5 Å². The number of methoxy groups -OCH3 is 1. The van der Waals surface area contributed by atoms with Crippen LogP contribution in [0.1, 0.15) is 5.56 Å². The lowest BCUT2D eigenvalue weighted by Gasteiger charge is -2.16. The maximum atomic E-state index is 11.9. The van der Waals surface area contributed by atoms with E-state index in [1.165, 1.54) is 0 Å². The first-order valence-electron chi connectivity index (χ1n) is 6.56. The molecule has 2 rings (SSSR count). The summed E-state index contributed by atoms with van der Waals surface area (Å²) in [5, 5.41) is 2.57. The Kier molecular flexibility index (Phi) is 5.34. The molecule has 1 aromatic rings. The Labute approximate surface area is 122 Å². The number of fused-ring (bicyclic) bond motifs is 1. The molecule has 0 fully saturated rings. The molecule has 0 spiro atoms. The number of ether oxygens (including phenoxy) is 3. The summed E-state index contributed by atoms with van der Waals surface area (Å²) in [6.07, 6.45) is 1.71. The van der Waals surface area contributed by atoms with E-state index in [4.69, 9.17) is 14.2 Å². The number of hydrogen-bond donors (Lipinski definition) is 1. The van der Waals surface area contributed by atoms with E-state index in [1.54, 1.807) is 13.2 Å². The van der Waals surface area contributed by atoms with Crippen LogP contribution in [0.25, 0.3) is 6.08 Å². The Morgan fingerprint density at radius 1 is 1.33 bits per heavy atom. The van der Waals surface area contributed by atoms with Crippen LogP contribution in [0, 0.1) is 0 Å². The molecule has 112 valence electrons. The summed E-state index contributed by atoms with van der Waals surface area (Å²) in [6, 6.07) is 7.40. The van der Waals surface area contributed by atoms with Gasteiger partial charge in [-0.05, 0) is 12.1 Å². The van der Waals surface area contributed by atoms with Crippen LogP contribution in [-0.2, 0) is 19.1 Å². The number of para-hydroxylation sites is 1. The number of esters is 1. The van der Waals surface area contributed by atoms with Crippen molar-refractivity contribution in [3.05, 3.63) is 35.4 Å². The molecule has 6 nitrogen and oxygen atoms in total. The lowest BCUT2D eigenvalue weighted by atomic mass is 10.1. The predicted octanol–water partition coefficient (Wildman–Crippen LogP) is 0.768. The van der Waals surface area contributed by atoms with Gasteiger partial charge in [0.15, 0.2) is 6.61 Å². The molecule has 0 bridgehead atoms. The highest BCUT2D eigenvalue weighted by Gasteiger charge is 2.18. The molecule has 0 unspecified atom stereocenters. The fourth-order valence-electron chi connectivity index (χ4n) is 1.80. The minimum atomic E-state index is -0.550. The van der Waals surface area contributed by atoms with Gasteiger partial charge in [-0.15, -0.1) is 0 Å². The number of carbonyl (C=O) groups excluding carboxylic acids is 2. The van der Waals surface area contributed by atoms with Crippen LogP contribution in [0.5, 0.6) is 5.75 Å². The third-order valence-electron chi connectivity index (χ3n) is 2.86. The van der Waals surface area contributed by atoms with E-state index < -0.39 is 5.97 Å². The van der Waals surface area contributed by atoms with E-state index in [1.807, 2.05) is 24.3 Å². The highest BCUT2D eigenvalue weighted by Crippen LogP contribution is 2.25. The second-order valence-corrected chi connectivity index (χ2v) is 4.41. The van der Waals surface area contributed by atoms with Crippen LogP contribution in [0.3, 0.4) is 0 Å². The van der Waals surface area contributed by atoms with Crippen LogP contribution < -0.4 is 10.1 Å². The first kappa shape index (κ1) is 15.1. The van der Waals surface area contributed by atoms with Crippen LogP contribution >= 0.6 is 0 Å². The Bertz CT molecular complexity index is 553. The third kappa shape index (κ3) is 4.32. The molecule has 21 heavy (non-hydrogen) atoms. The van der Waals surface area contributed by atoms with Crippen LogP contribution in [0.15, 0.2) is 29.8 Å². The van der Waals surface area contributed by atoms with Crippen LogP contribution in [0.2, 0.25) is 0 Å². The summed E-state index contributed by atoms with van der Waals surface area (Å²) in [6.45, 7) is 0.615. The summed E-state index contributed by atoms with van der Waals surface area (Å²) < 4.78 is 15.2. The van der Waals surface area contributed by atoms with Gasteiger partial charge in [0.2, 0.25) is 0 Å². The quantitative estimate of drug-likeness (QED) is 0.619. The average Bonchev–Trinajstić information content (AvgIpc) is 2.52. The molecule has 1 aromatic carbocycles. The summed E-state index contributed by atoms with van der Waals surface area (Å²) >= 11 is 0. The Hall–Kier alpha value is -2.34. The predicted molar refractivity (Wildman–Crippen MR) is 75.8 cm³/mol. The zero-order chi connectivity index (χ0) is 15.1. The van der Waals surface area contributed by atoms with Gasteiger partial charge < -0.3 is 19.5 Å². The summed E-state index contributed by atoms with van der Waals surface area (Å²) in [7, 11) is 1.54. The second kappa shape index (κ2) is 7.44. The molecule has 1 aliphatic rings. The molecule has 0 saturated heterocycles. The van der Waals surface area contributed by atoms with Gasteiger partial charge in [0, 0.05) is 19.2 Å². The zero-order valence-electron chi connectivity index (χ0n) is 11.8. The van der Waals surface area contributed by atoms with Gasteiger partial charge in [-0.3, -0.25) is 4.79 Å². The second-order valence-electron chi connectivity index (χ2n) is 4.41. The lowest BCUT2D eigenvalue weighted by Crippen LogP contribution is -2.32. The number of amides is 1. The Morgan fingerprint density at radius 3 is 2.95 bits per heavy atom. The van der Waals surface area contributed by atoms with Gasteiger partial charge in [-0.25, -0.2) is 4.79 Å². The number of rotatable bonds is 6. The summed E-state index contributed by atoms with van der Waals surface area (Å²) in [4.78, 5) is 23.3. The first-order valence-corrected chi connectivity index (χ1v) is 6.56. The van der Waals surface area contributed by atoms with Gasteiger partial charge in [-0.2, -0.15) is 0 Å². The smallest absolute Gasteiger partial charge is 0.338 e. The van der Waals surface area contributed by atoms with Gasteiger partial charge >= 0.3 is 5.97 Å². The van der Waals surface area contributed by atoms with Crippen LogP contribution in [0.4, 0.5) is 0 Å². The van der Waals surface area contributed by atoms with Gasteiger partial charge in [0.25, 0.3) is 5.91 Å². The number of hydrogen-bond acceptors (Lipinski definition) is 5. The molecular weight excluding hydrogens is 274 g/mol. The fourth-order valence-corrected chi connectivity index (χ4v) is 1.80. The van der Waals surface area contributed by atoms with Crippen molar-refractivity contribution in [3.8, 4) is 5.75 Å². The van der Waals surface area contributed by atoms with Crippen molar-refractivity contribution in [2.45, 2.75) is 0 Å². The first-order chi connectivity index (χ1) is 10.2. The van der Waals surface area contributed by atoms with Gasteiger partial charge in [-0.1, -0.05) is 18.2 Å². The molecule has 0 aromatic heterocycles. The molecule has 0 saturated carbocycles. The molecule has 0 aliphatic carbocycles. The zero-order valence-corrected chi connectivity index (χ0v) is 11.8. The molecule has 1 amide bonds. The normalized spacial score (nSPS) is 12.7. The van der Waals surface area contributed by atoms with E-state index in [9.17, 15) is 9.59 Å². The number of nitrogens with one attached hydrogen (secondary N) is 1. The summed E-state index contributed by atoms with van der Waals surface area (Å²) in [5.41, 5.74) is 1.21. The minimum absolute atomic E-state index is 0.140. The van der Waals surface area contributed by atoms with E-state index >= 15 is 0 Å². The van der Waals surface area contributed by atoms with Crippen molar-refractivity contribution < 1.29 is 23.8 Å². The maximum Gasteiger partial charge on any atom is 0.338 e. The Balaban J connectivity index is 1.84. The van der Waals surface area contributed by atoms with E-state index in [-0.39, 0.29) is 19.1 Å². The van der Waals surface area contributed by atoms with Crippen molar-refractivity contribution in [2.24, 2.45) is 0 Å². The monoisotopic (exact) mass is 291 g/mol. The molecular formula is C15H17NO5. The molecule has 0 atom stereocenters. The van der Waals surface area contributed by atoms with Crippen molar-refractivity contribution in [3.63, 3.8) is 0 Å². The lowest BCUT2D eigenvalue weighted by molar-refractivity contribution is -0.145. The highest BCUT2D eigenvalue weighted by atomic mass is 16.5. The third-order valence-corrected chi connectivity index (χ3v) is 2.86. The molecule has 0 radical (unpaired) electrons. The van der Waals surface area contributed by atoms with Crippen LogP contribution in [-0.4, -0.2) is 45.4 Å². The van der Waals surface area contributed by atoms with Crippen molar-refractivity contribution in [1.82, 2.24) is 5.32 Å². The fraction of sp³-hybridized carbons (Fsp3) is 0.333. The topological polar surface area (TPSA) is 73.9 Å². The minimum Gasteiger partial charge on any atom is -0.488 e. The maximum absolute atomic E-state index is 11.9. The summed E-state index contributed by atoms with van der Waals surface area (Å²) in [5.74, 6) is -0.184. The highest BCUT2D eigenvalue weighted by molar-refractivity contribution is 5.96. The number of benzene rings is 1. The SMILES string of the molecule is COCCNC(=O)COC(=O)C1=Cc2ccccc2OC1. The number of carbonyl (C=O) groups is 2. The van der Waals surface area contributed by atoms with Crippen molar-refractivity contribution in [1.29, 1.82) is 0 Å². The van der Waals surface area contributed by atoms with Gasteiger partial charge in [0.05, 0.1) is 12.2 Å². The Morgan fingerprint density at radius 2 is 2.14 bits per heavy atom. The largest absolute Gasteiger partial charge is 0.488 e. The molecule has 1 heterocycles. The van der Waals surface area contributed by atoms with E-state index in [0.717, 1.165) is 11.3 Å². The van der Waals surface area contributed by atoms with E-state index in [0.29, 0.717) is 18.7 Å². The van der Waals surface area contributed by atoms with Gasteiger partial charge in [0.1, 0.15) is 12.4 Å². The molecule has 6 heteroatoms. The standard InChI is InChI=1S/C15H17NO5/c1-19-7-6-16-14(17)10-21-15(18)12-8-11-4-2-3-5-13(11)20-9-12/h2-5,8H,6-7,9-10H2,1H3,(H,16,17). The molecule has 1 N–H and O–H groups in total. The average molecular weight is 291 g/mol. The van der Waals surface area contributed by atoms with Crippen molar-refractivity contribution >= 4 is 18.0 Å². The van der Waals surface area contributed by atoms with E-state index in [2.05, 4.69) is 5.32 Å².